The number of aromatic nitrogens is 3. The Hall–Kier alpha value is -0.720. The van der Waals surface area contributed by atoms with Gasteiger partial charge in [-0.1, -0.05) is 12.8 Å². The minimum Gasteiger partial charge on any atom is -0.388 e. The minimum atomic E-state index is -0.0147. The van der Waals surface area contributed by atoms with Gasteiger partial charge in [0.2, 0.25) is 0 Å². The Bertz CT molecular complexity index is 585. The zero-order chi connectivity index (χ0) is 15.1. The van der Waals surface area contributed by atoms with Gasteiger partial charge < -0.3 is 5.11 Å². The molecule has 3 fully saturated rings. The SMILES string of the molecule is OCc1nn(CN2CCCC2C2CCCC2)c(=S)n1C1CC1. The quantitative estimate of drug-likeness (QED) is 0.847. The first-order valence-electron chi connectivity index (χ1n) is 8.81. The lowest BCUT2D eigenvalue weighted by atomic mass is 9.96. The molecular formula is C16H26N4OS. The molecule has 0 aromatic carbocycles. The molecule has 2 heterocycles. The summed E-state index contributed by atoms with van der Waals surface area (Å²) in [5, 5.41) is 14.2. The van der Waals surface area contributed by atoms with Crippen LogP contribution in [0.2, 0.25) is 0 Å². The van der Waals surface area contributed by atoms with E-state index in [4.69, 9.17) is 12.2 Å². The molecule has 0 amide bonds. The summed E-state index contributed by atoms with van der Waals surface area (Å²) in [4.78, 5) is 2.58. The van der Waals surface area contributed by atoms with Crippen molar-refractivity contribution in [3.63, 3.8) is 0 Å². The molecule has 1 aromatic rings. The molecule has 0 radical (unpaired) electrons. The van der Waals surface area contributed by atoms with Crippen molar-refractivity contribution in [2.75, 3.05) is 6.54 Å². The van der Waals surface area contributed by atoms with E-state index < -0.39 is 0 Å². The Kier molecular flexibility index (Phi) is 4.09. The molecule has 1 aromatic heterocycles. The molecule has 1 unspecified atom stereocenters. The summed E-state index contributed by atoms with van der Waals surface area (Å²) < 4.78 is 4.83. The van der Waals surface area contributed by atoms with Crippen molar-refractivity contribution in [3.8, 4) is 0 Å². The molecule has 1 saturated heterocycles. The van der Waals surface area contributed by atoms with Crippen molar-refractivity contribution in [1.82, 2.24) is 19.2 Å². The molecule has 22 heavy (non-hydrogen) atoms. The zero-order valence-electron chi connectivity index (χ0n) is 13.2. The second-order valence-electron chi connectivity index (χ2n) is 7.17. The summed E-state index contributed by atoms with van der Waals surface area (Å²) in [6.45, 7) is 1.94. The molecule has 1 aliphatic heterocycles. The average molecular weight is 322 g/mol. The van der Waals surface area contributed by atoms with E-state index in [1.807, 2.05) is 4.68 Å². The average Bonchev–Trinajstić information content (AvgIpc) is 2.93. The third-order valence-electron chi connectivity index (χ3n) is 5.67. The first-order chi connectivity index (χ1) is 10.8. The molecule has 3 aliphatic rings. The number of aliphatic hydroxyl groups is 1. The second-order valence-corrected chi connectivity index (χ2v) is 7.53. The van der Waals surface area contributed by atoms with E-state index in [2.05, 4.69) is 14.6 Å². The molecule has 2 aliphatic carbocycles. The van der Waals surface area contributed by atoms with Gasteiger partial charge in [0.1, 0.15) is 6.61 Å². The molecule has 6 heteroatoms. The van der Waals surface area contributed by atoms with Crippen molar-refractivity contribution in [2.45, 2.75) is 76.7 Å². The van der Waals surface area contributed by atoms with E-state index >= 15 is 0 Å². The van der Waals surface area contributed by atoms with Crippen LogP contribution in [0.4, 0.5) is 0 Å². The standard InChI is InChI=1S/C16H26N4OS/c21-10-15-17-19(16(22)20(15)13-7-8-13)11-18-9-3-6-14(18)12-4-1-2-5-12/h12-14,21H,1-11H2. The van der Waals surface area contributed by atoms with Gasteiger partial charge >= 0.3 is 0 Å². The lowest BCUT2D eigenvalue weighted by Gasteiger charge is -2.29. The van der Waals surface area contributed by atoms with Gasteiger partial charge in [-0.15, -0.1) is 0 Å². The van der Waals surface area contributed by atoms with Crippen molar-refractivity contribution < 1.29 is 5.11 Å². The predicted molar refractivity (Wildman–Crippen MR) is 86.9 cm³/mol. The van der Waals surface area contributed by atoms with Gasteiger partial charge in [-0.25, -0.2) is 4.68 Å². The van der Waals surface area contributed by atoms with E-state index in [0.717, 1.165) is 29.7 Å². The Morgan fingerprint density at radius 2 is 1.86 bits per heavy atom. The number of likely N-dealkylation sites (tertiary alicyclic amines) is 1. The van der Waals surface area contributed by atoms with E-state index in [1.165, 1.54) is 51.4 Å². The van der Waals surface area contributed by atoms with Gasteiger partial charge in [0, 0.05) is 18.6 Å². The summed E-state index contributed by atoms with van der Waals surface area (Å²) in [7, 11) is 0. The van der Waals surface area contributed by atoms with Crippen LogP contribution < -0.4 is 0 Å². The van der Waals surface area contributed by atoms with E-state index in [0.29, 0.717) is 12.1 Å². The highest BCUT2D eigenvalue weighted by Gasteiger charge is 2.34. The topological polar surface area (TPSA) is 46.2 Å². The molecule has 1 atom stereocenters. The van der Waals surface area contributed by atoms with E-state index in [1.54, 1.807) is 0 Å². The highest BCUT2D eigenvalue weighted by atomic mass is 32.1. The zero-order valence-corrected chi connectivity index (χ0v) is 14.0. The number of rotatable bonds is 5. The summed E-state index contributed by atoms with van der Waals surface area (Å²) in [6, 6.07) is 1.20. The Morgan fingerprint density at radius 1 is 1.09 bits per heavy atom. The number of hydrogen-bond acceptors (Lipinski definition) is 4. The van der Waals surface area contributed by atoms with Crippen LogP contribution in [0.15, 0.2) is 0 Å². The molecule has 2 saturated carbocycles. The minimum absolute atomic E-state index is 0.0147. The number of aliphatic hydroxyl groups excluding tert-OH is 1. The first kappa shape index (κ1) is 14.8. The van der Waals surface area contributed by atoms with Crippen LogP contribution in [0.1, 0.15) is 63.2 Å². The molecule has 5 nitrogen and oxygen atoms in total. The van der Waals surface area contributed by atoms with Crippen LogP contribution in [-0.4, -0.2) is 36.9 Å². The summed E-state index contributed by atoms with van der Waals surface area (Å²) >= 11 is 5.63. The molecule has 122 valence electrons. The maximum absolute atomic E-state index is 9.56. The van der Waals surface area contributed by atoms with Gasteiger partial charge in [0.25, 0.3) is 0 Å². The molecule has 1 N–H and O–H groups in total. The highest BCUT2D eigenvalue weighted by Crippen LogP contribution is 2.37. The maximum atomic E-state index is 9.56. The first-order valence-corrected chi connectivity index (χ1v) is 9.22. The van der Waals surface area contributed by atoms with Crippen molar-refractivity contribution in [2.24, 2.45) is 5.92 Å². The van der Waals surface area contributed by atoms with Crippen molar-refractivity contribution >= 4 is 12.2 Å². The van der Waals surface area contributed by atoms with Crippen LogP contribution in [0.25, 0.3) is 0 Å². The smallest absolute Gasteiger partial charge is 0.199 e. The monoisotopic (exact) mass is 322 g/mol. The van der Waals surface area contributed by atoms with Gasteiger partial charge in [0.05, 0.1) is 6.67 Å². The van der Waals surface area contributed by atoms with E-state index in [9.17, 15) is 5.11 Å². The summed E-state index contributed by atoms with van der Waals surface area (Å²) in [5.41, 5.74) is 0. The highest BCUT2D eigenvalue weighted by molar-refractivity contribution is 7.71. The second kappa shape index (κ2) is 6.06. The Balaban J connectivity index is 1.54. The molecule has 4 rings (SSSR count). The van der Waals surface area contributed by atoms with Gasteiger partial charge in [-0.3, -0.25) is 9.47 Å². The van der Waals surface area contributed by atoms with Crippen molar-refractivity contribution in [1.29, 1.82) is 0 Å². The lowest BCUT2D eigenvalue weighted by molar-refractivity contribution is 0.142. The van der Waals surface area contributed by atoms with Crippen LogP contribution in [-0.2, 0) is 13.3 Å². The maximum Gasteiger partial charge on any atom is 0.199 e. The van der Waals surface area contributed by atoms with Crippen LogP contribution >= 0.6 is 12.2 Å². The Labute approximate surface area is 136 Å². The van der Waals surface area contributed by atoms with Gasteiger partial charge in [0.15, 0.2) is 10.6 Å². The fraction of sp³-hybridized carbons (Fsp3) is 0.875. The fourth-order valence-electron chi connectivity index (χ4n) is 4.44. The van der Waals surface area contributed by atoms with Gasteiger partial charge in [-0.05, 0) is 56.7 Å². The summed E-state index contributed by atoms with van der Waals surface area (Å²) in [6.07, 6.45) is 10.6. The van der Waals surface area contributed by atoms with Crippen LogP contribution in [0.3, 0.4) is 0 Å². The number of hydrogen-bond donors (Lipinski definition) is 1. The predicted octanol–water partition coefficient (Wildman–Crippen LogP) is 2.85. The lowest BCUT2D eigenvalue weighted by Crippen LogP contribution is -2.36. The number of nitrogens with zero attached hydrogens (tertiary/aromatic N) is 4. The fourth-order valence-corrected chi connectivity index (χ4v) is 4.79. The molecular weight excluding hydrogens is 296 g/mol. The summed E-state index contributed by atoms with van der Waals surface area (Å²) in [5.74, 6) is 1.61. The van der Waals surface area contributed by atoms with Gasteiger partial charge in [-0.2, -0.15) is 5.10 Å². The van der Waals surface area contributed by atoms with Crippen LogP contribution in [0, 0.1) is 10.7 Å². The third-order valence-corrected chi connectivity index (χ3v) is 6.08. The van der Waals surface area contributed by atoms with Crippen LogP contribution in [0.5, 0.6) is 0 Å². The Morgan fingerprint density at radius 3 is 2.55 bits per heavy atom. The normalized spacial score (nSPS) is 27.0. The van der Waals surface area contributed by atoms with E-state index in [-0.39, 0.29) is 6.61 Å². The largest absolute Gasteiger partial charge is 0.388 e. The van der Waals surface area contributed by atoms with Crippen molar-refractivity contribution in [3.05, 3.63) is 10.6 Å². The third kappa shape index (κ3) is 2.65. The molecule has 0 spiro atoms. The molecule has 0 bridgehead atoms.